The SMILES string of the molecule is [C-]#[N+]c1ccc(-c2ccc(F)cc2F)cc1[N+](=O)[O-]. The van der Waals surface area contributed by atoms with Crippen LogP contribution in [0.1, 0.15) is 0 Å². The molecular formula is C13H6F2N2O2. The van der Waals surface area contributed by atoms with E-state index in [-0.39, 0.29) is 16.8 Å². The average Bonchev–Trinajstić information content (AvgIpc) is 2.38. The number of halogens is 2. The molecule has 0 N–H and O–H groups in total. The number of nitrogens with zero attached hydrogens (tertiary/aromatic N) is 2. The second-order valence-corrected chi connectivity index (χ2v) is 3.70. The van der Waals surface area contributed by atoms with Crippen LogP contribution in [0.5, 0.6) is 0 Å². The van der Waals surface area contributed by atoms with Crippen LogP contribution in [-0.2, 0) is 0 Å². The van der Waals surface area contributed by atoms with Crippen LogP contribution in [0.3, 0.4) is 0 Å². The van der Waals surface area contributed by atoms with Crippen molar-refractivity contribution in [1.29, 1.82) is 0 Å². The van der Waals surface area contributed by atoms with E-state index in [2.05, 4.69) is 4.85 Å². The molecule has 0 aliphatic rings. The van der Waals surface area contributed by atoms with Crippen LogP contribution in [0.2, 0.25) is 0 Å². The highest BCUT2D eigenvalue weighted by molar-refractivity contribution is 5.74. The van der Waals surface area contributed by atoms with Gasteiger partial charge < -0.3 is 0 Å². The lowest BCUT2D eigenvalue weighted by Gasteiger charge is -2.04. The molecule has 0 fully saturated rings. The monoisotopic (exact) mass is 260 g/mol. The van der Waals surface area contributed by atoms with Gasteiger partial charge in [0.2, 0.25) is 0 Å². The van der Waals surface area contributed by atoms with Gasteiger partial charge in [-0.05, 0) is 23.8 Å². The molecule has 0 aliphatic carbocycles. The largest absolute Gasteiger partial charge is 0.279 e. The van der Waals surface area contributed by atoms with Gasteiger partial charge in [-0.1, -0.05) is 6.07 Å². The maximum absolute atomic E-state index is 13.6. The second-order valence-electron chi connectivity index (χ2n) is 3.70. The van der Waals surface area contributed by atoms with E-state index in [1.165, 1.54) is 18.2 Å². The number of hydrogen-bond acceptors (Lipinski definition) is 2. The zero-order valence-electron chi connectivity index (χ0n) is 9.43. The van der Waals surface area contributed by atoms with E-state index in [0.717, 1.165) is 12.1 Å². The third kappa shape index (κ3) is 2.40. The van der Waals surface area contributed by atoms with Crippen molar-refractivity contribution in [1.82, 2.24) is 0 Å². The topological polar surface area (TPSA) is 47.5 Å². The number of benzene rings is 2. The van der Waals surface area contributed by atoms with Crippen LogP contribution in [0.4, 0.5) is 20.2 Å². The average molecular weight is 260 g/mol. The Kier molecular flexibility index (Phi) is 3.21. The molecule has 0 aromatic heterocycles. The molecular weight excluding hydrogens is 254 g/mol. The van der Waals surface area contributed by atoms with Crippen LogP contribution >= 0.6 is 0 Å². The fraction of sp³-hybridized carbons (Fsp3) is 0. The fourth-order valence-electron chi connectivity index (χ4n) is 1.66. The van der Waals surface area contributed by atoms with E-state index in [1.54, 1.807) is 0 Å². The summed E-state index contributed by atoms with van der Waals surface area (Å²) >= 11 is 0. The third-order valence-corrected chi connectivity index (χ3v) is 2.53. The molecule has 94 valence electrons. The Morgan fingerprint density at radius 3 is 2.47 bits per heavy atom. The van der Waals surface area contributed by atoms with Gasteiger partial charge in [0.25, 0.3) is 11.4 Å². The van der Waals surface area contributed by atoms with E-state index in [0.29, 0.717) is 6.07 Å². The van der Waals surface area contributed by atoms with Crippen molar-refractivity contribution < 1.29 is 13.7 Å². The highest BCUT2D eigenvalue weighted by Gasteiger charge is 2.16. The van der Waals surface area contributed by atoms with Crippen molar-refractivity contribution in [3.63, 3.8) is 0 Å². The van der Waals surface area contributed by atoms with Gasteiger partial charge in [-0.2, -0.15) is 0 Å². The van der Waals surface area contributed by atoms with Gasteiger partial charge in [0.05, 0.1) is 11.5 Å². The normalized spacial score (nSPS) is 9.95. The molecule has 0 bridgehead atoms. The summed E-state index contributed by atoms with van der Waals surface area (Å²) < 4.78 is 26.4. The highest BCUT2D eigenvalue weighted by atomic mass is 19.1. The van der Waals surface area contributed by atoms with Crippen LogP contribution in [0, 0.1) is 28.3 Å². The van der Waals surface area contributed by atoms with Gasteiger partial charge in [-0.25, -0.2) is 13.6 Å². The first-order valence-corrected chi connectivity index (χ1v) is 5.14. The summed E-state index contributed by atoms with van der Waals surface area (Å²) in [6, 6.07) is 6.68. The quantitative estimate of drug-likeness (QED) is 0.463. The van der Waals surface area contributed by atoms with Crippen molar-refractivity contribution in [3.8, 4) is 11.1 Å². The molecule has 0 radical (unpaired) electrons. The van der Waals surface area contributed by atoms with Gasteiger partial charge in [-0.3, -0.25) is 10.1 Å². The lowest BCUT2D eigenvalue weighted by molar-refractivity contribution is -0.383. The van der Waals surface area contributed by atoms with Crippen molar-refractivity contribution >= 4 is 11.4 Å². The van der Waals surface area contributed by atoms with E-state index in [4.69, 9.17) is 6.57 Å². The molecule has 4 nitrogen and oxygen atoms in total. The van der Waals surface area contributed by atoms with E-state index >= 15 is 0 Å². The lowest BCUT2D eigenvalue weighted by Crippen LogP contribution is -1.91. The molecule has 0 atom stereocenters. The summed E-state index contributed by atoms with van der Waals surface area (Å²) in [5.41, 5.74) is -0.273. The van der Waals surface area contributed by atoms with Gasteiger partial charge in [0.1, 0.15) is 11.6 Å². The first-order valence-electron chi connectivity index (χ1n) is 5.14. The summed E-state index contributed by atoms with van der Waals surface area (Å²) in [5, 5.41) is 10.8. The van der Waals surface area contributed by atoms with Crippen molar-refractivity contribution in [2.75, 3.05) is 0 Å². The fourth-order valence-corrected chi connectivity index (χ4v) is 1.66. The predicted octanol–water partition coefficient (Wildman–Crippen LogP) is 4.09. The van der Waals surface area contributed by atoms with Gasteiger partial charge in [0.15, 0.2) is 0 Å². The Balaban J connectivity index is 2.61. The van der Waals surface area contributed by atoms with E-state index < -0.39 is 22.2 Å². The smallest absolute Gasteiger partial charge is 0.260 e. The molecule has 6 heteroatoms. The molecule has 0 amide bonds. The maximum Gasteiger partial charge on any atom is 0.279 e. The first kappa shape index (κ1) is 12.6. The Labute approximate surface area is 106 Å². The standard InChI is InChI=1S/C13H6F2N2O2/c1-16-12-5-2-8(6-13(12)17(18)19)10-4-3-9(14)7-11(10)15/h2-7H. The van der Waals surface area contributed by atoms with Crippen molar-refractivity contribution in [2.24, 2.45) is 0 Å². The molecule has 0 aliphatic heterocycles. The molecule has 0 spiro atoms. The minimum atomic E-state index is -0.815. The van der Waals surface area contributed by atoms with Crippen LogP contribution < -0.4 is 0 Å². The van der Waals surface area contributed by atoms with Crippen LogP contribution in [0.25, 0.3) is 16.0 Å². The lowest BCUT2D eigenvalue weighted by atomic mass is 10.0. The van der Waals surface area contributed by atoms with Crippen LogP contribution in [-0.4, -0.2) is 4.92 Å². The molecule has 2 aromatic rings. The minimum absolute atomic E-state index is 0.0426. The Bertz CT molecular complexity index is 708. The third-order valence-electron chi connectivity index (χ3n) is 2.53. The summed E-state index contributed by atoms with van der Waals surface area (Å²) in [5.74, 6) is -1.54. The minimum Gasteiger partial charge on any atom is -0.260 e. The van der Waals surface area contributed by atoms with Gasteiger partial charge in [-0.15, -0.1) is 0 Å². The molecule has 19 heavy (non-hydrogen) atoms. The van der Waals surface area contributed by atoms with Crippen molar-refractivity contribution in [2.45, 2.75) is 0 Å². The number of nitro benzene ring substituents is 1. The first-order chi connectivity index (χ1) is 9.02. The zero-order chi connectivity index (χ0) is 14.0. The number of hydrogen-bond donors (Lipinski definition) is 0. The zero-order valence-corrected chi connectivity index (χ0v) is 9.43. The maximum atomic E-state index is 13.6. The summed E-state index contributed by atoms with van der Waals surface area (Å²) in [6.07, 6.45) is 0. The number of rotatable bonds is 2. The highest BCUT2D eigenvalue weighted by Crippen LogP contribution is 2.33. The molecule has 0 saturated heterocycles. The molecule has 2 aromatic carbocycles. The molecule has 0 unspecified atom stereocenters. The molecule has 0 heterocycles. The summed E-state index contributed by atoms with van der Waals surface area (Å²) in [4.78, 5) is 13.1. The van der Waals surface area contributed by atoms with Crippen LogP contribution in [0.15, 0.2) is 36.4 Å². The molecule has 2 rings (SSSR count). The van der Waals surface area contributed by atoms with Crippen molar-refractivity contribution in [3.05, 3.63) is 69.6 Å². The number of nitro groups is 1. The Morgan fingerprint density at radius 2 is 1.89 bits per heavy atom. The second kappa shape index (κ2) is 4.82. The van der Waals surface area contributed by atoms with E-state index in [1.807, 2.05) is 0 Å². The summed E-state index contributed by atoms with van der Waals surface area (Å²) in [7, 11) is 0. The predicted molar refractivity (Wildman–Crippen MR) is 64.7 cm³/mol. The van der Waals surface area contributed by atoms with E-state index in [9.17, 15) is 18.9 Å². The summed E-state index contributed by atoms with van der Waals surface area (Å²) in [6.45, 7) is 6.82. The Hall–Kier alpha value is -2.81. The Morgan fingerprint density at radius 1 is 1.16 bits per heavy atom. The van der Waals surface area contributed by atoms with Gasteiger partial charge >= 0.3 is 0 Å². The van der Waals surface area contributed by atoms with Gasteiger partial charge in [0, 0.05) is 17.7 Å². The molecule has 0 saturated carbocycles.